The summed E-state index contributed by atoms with van der Waals surface area (Å²) in [6.45, 7) is 6.37. The summed E-state index contributed by atoms with van der Waals surface area (Å²) in [5.74, 6) is 0.229. The Morgan fingerprint density at radius 1 is 1.19 bits per heavy atom. The van der Waals surface area contributed by atoms with E-state index in [9.17, 15) is 9.59 Å². The van der Waals surface area contributed by atoms with Gasteiger partial charge >= 0.3 is 5.97 Å². The van der Waals surface area contributed by atoms with Crippen LogP contribution in [-0.2, 0) is 9.53 Å². The number of ketones is 1. The zero-order valence-electron chi connectivity index (χ0n) is 12.5. The van der Waals surface area contributed by atoms with Crippen LogP contribution in [0.5, 0.6) is 5.75 Å². The molecule has 0 N–H and O–H groups in total. The van der Waals surface area contributed by atoms with Crippen LogP contribution in [0.4, 0.5) is 0 Å². The molecule has 0 heterocycles. The molecule has 1 aromatic rings. The summed E-state index contributed by atoms with van der Waals surface area (Å²) in [5.41, 5.74) is 0.588. The Balaban J connectivity index is 2.43. The standard InChI is InChI=1S/C17H22O4/c1-3-5-6-17(19)21-15-9-7-14(8-10-15)16(18)11-13-20-12-4-2/h4,7-10H,2-3,5-6,11-13H2,1H3. The van der Waals surface area contributed by atoms with Gasteiger partial charge in [0.1, 0.15) is 5.75 Å². The van der Waals surface area contributed by atoms with E-state index in [1.807, 2.05) is 6.92 Å². The highest BCUT2D eigenvalue weighted by Crippen LogP contribution is 2.14. The van der Waals surface area contributed by atoms with E-state index in [0.717, 1.165) is 12.8 Å². The van der Waals surface area contributed by atoms with Crippen LogP contribution in [-0.4, -0.2) is 25.0 Å². The summed E-state index contributed by atoms with van der Waals surface area (Å²) in [6.07, 6.45) is 4.16. The Hall–Kier alpha value is -1.94. The van der Waals surface area contributed by atoms with Crippen molar-refractivity contribution in [1.82, 2.24) is 0 Å². The number of carbonyl (C=O) groups is 2. The van der Waals surface area contributed by atoms with Gasteiger partial charge in [-0.1, -0.05) is 19.4 Å². The normalized spacial score (nSPS) is 10.1. The number of benzene rings is 1. The van der Waals surface area contributed by atoms with Gasteiger partial charge in [0.25, 0.3) is 0 Å². The second kappa shape index (κ2) is 9.88. The molecular weight excluding hydrogens is 268 g/mol. The summed E-state index contributed by atoms with van der Waals surface area (Å²) < 4.78 is 10.4. The van der Waals surface area contributed by atoms with E-state index >= 15 is 0 Å². The molecule has 0 saturated carbocycles. The van der Waals surface area contributed by atoms with Crippen molar-refractivity contribution in [2.24, 2.45) is 0 Å². The Kier molecular flexibility index (Phi) is 8.05. The first-order chi connectivity index (χ1) is 10.2. The lowest BCUT2D eigenvalue weighted by atomic mass is 10.1. The van der Waals surface area contributed by atoms with Crippen molar-refractivity contribution >= 4 is 11.8 Å². The topological polar surface area (TPSA) is 52.6 Å². The third kappa shape index (κ3) is 6.86. The fourth-order valence-electron chi connectivity index (χ4n) is 1.69. The second-order valence-electron chi connectivity index (χ2n) is 4.64. The molecule has 0 aromatic heterocycles. The molecule has 0 aliphatic heterocycles. The molecule has 0 unspecified atom stereocenters. The Morgan fingerprint density at radius 3 is 2.52 bits per heavy atom. The monoisotopic (exact) mass is 290 g/mol. The molecule has 0 atom stereocenters. The average molecular weight is 290 g/mol. The van der Waals surface area contributed by atoms with Gasteiger partial charge in [-0.15, -0.1) is 6.58 Å². The van der Waals surface area contributed by atoms with Crippen molar-refractivity contribution < 1.29 is 19.1 Å². The van der Waals surface area contributed by atoms with Crippen molar-refractivity contribution in [1.29, 1.82) is 0 Å². The summed E-state index contributed by atoms with van der Waals surface area (Å²) in [5, 5.41) is 0. The Labute approximate surface area is 125 Å². The quantitative estimate of drug-likeness (QED) is 0.217. The first kappa shape index (κ1) is 17.1. The van der Waals surface area contributed by atoms with E-state index in [2.05, 4.69) is 6.58 Å². The molecule has 0 amide bonds. The fourth-order valence-corrected chi connectivity index (χ4v) is 1.69. The Bertz CT molecular complexity index is 462. The molecule has 1 rings (SSSR count). The van der Waals surface area contributed by atoms with Crippen molar-refractivity contribution in [3.63, 3.8) is 0 Å². The SMILES string of the molecule is C=CCOCCC(=O)c1ccc(OC(=O)CCCC)cc1. The van der Waals surface area contributed by atoms with Crippen LogP contribution in [0.2, 0.25) is 0 Å². The van der Waals surface area contributed by atoms with Crippen molar-refractivity contribution in [3.8, 4) is 5.75 Å². The Morgan fingerprint density at radius 2 is 1.90 bits per heavy atom. The van der Waals surface area contributed by atoms with Gasteiger partial charge in [-0.05, 0) is 30.7 Å². The summed E-state index contributed by atoms with van der Waals surface area (Å²) in [7, 11) is 0. The van der Waals surface area contributed by atoms with Gasteiger partial charge in [-0.3, -0.25) is 9.59 Å². The van der Waals surface area contributed by atoms with E-state index in [1.165, 1.54) is 0 Å². The maximum absolute atomic E-state index is 11.9. The molecule has 0 aliphatic rings. The molecule has 114 valence electrons. The molecular formula is C17H22O4. The molecule has 0 aliphatic carbocycles. The molecule has 0 bridgehead atoms. The predicted molar refractivity (Wildman–Crippen MR) is 81.6 cm³/mol. The number of ether oxygens (including phenoxy) is 2. The van der Waals surface area contributed by atoms with Gasteiger partial charge in [0.05, 0.1) is 13.2 Å². The van der Waals surface area contributed by atoms with Crippen molar-refractivity contribution in [2.75, 3.05) is 13.2 Å². The van der Waals surface area contributed by atoms with Gasteiger partial charge in [0, 0.05) is 18.4 Å². The van der Waals surface area contributed by atoms with E-state index < -0.39 is 0 Å². The maximum atomic E-state index is 11.9. The molecule has 0 fully saturated rings. The van der Waals surface area contributed by atoms with E-state index in [4.69, 9.17) is 9.47 Å². The zero-order chi connectivity index (χ0) is 15.5. The van der Waals surface area contributed by atoms with E-state index in [-0.39, 0.29) is 11.8 Å². The average Bonchev–Trinajstić information content (AvgIpc) is 2.50. The molecule has 0 saturated heterocycles. The summed E-state index contributed by atoms with van der Waals surface area (Å²) in [6, 6.07) is 6.61. The number of rotatable bonds is 10. The van der Waals surface area contributed by atoms with Crippen LogP contribution >= 0.6 is 0 Å². The highest BCUT2D eigenvalue weighted by atomic mass is 16.5. The van der Waals surface area contributed by atoms with Gasteiger partial charge in [-0.2, -0.15) is 0 Å². The summed E-state index contributed by atoms with van der Waals surface area (Å²) >= 11 is 0. The van der Waals surface area contributed by atoms with Crippen molar-refractivity contribution in [2.45, 2.75) is 32.6 Å². The minimum atomic E-state index is -0.242. The molecule has 21 heavy (non-hydrogen) atoms. The van der Waals surface area contributed by atoms with E-state index in [0.29, 0.717) is 37.4 Å². The lowest BCUT2D eigenvalue weighted by molar-refractivity contribution is -0.134. The highest BCUT2D eigenvalue weighted by molar-refractivity contribution is 5.96. The fraction of sp³-hybridized carbons (Fsp3) is 0.412. The molecule has 4 nitrogen and oxygen atoms in total. The molecule has 0 spiro atoms. The van der Waals surface area contributed by atoms with Gasteiger partial charge < -0.3 is 9.47 Å². The molecule has 0 radical (unpaired) electrons. The van der Waals surface area contributed by atoms with Crippen molar-refractivity contribution in [3.05, 3.63) is 42.5 Å². The molecule has 4 heteroatoms. The maximum Gasteiger partial charge on any atom is 0.311 e. The van der Waals surface area contributed by atoms with Crippen LogP contribution in [0.1, 0.15) is 43.0 Å². The number of carbonyl (C=O) groups excluding carboxylic acids is 2. The number of unbranched alkanes of at least 4 members (excludes halogenated alkanes) is 1. The lowest BCUT2D eigenvalue weighted by Gasteiger charge is -2.05. The smallest absolute Gasteiger partial charge is 0.311 e. The second-order valence-corrected chi connectivity index (χ2v) is 4.64. The van der Waals surface area contributed by atoms with Crippen LogP contribution in [0.15, 0.2) is 36.9 Å². The number of Topliss-reactive ketones (excluding diaryl/α,β-unsaturated/α-hetero) is 1. The number of hydrogen-bond acceptors (Lipinski definition) is 4. The molecule has 1 aromatic carbocycles. The summed E-state index contributed by atoms with van der Waals surface area (Å²) in [4.78, 5) is 23.3. The minimum absolute atomic E-state index is 0.00271. The first-order valence-corrected chi connectivity index (χ1v) is 7.20. The minimum Gasteiger partial charge on any atom is -0.427 e. The van der Waals surface area contributed by atoms with Gasteiger partial charge in [0.15, 0.2) is 5.78 Å². The largest absolute Gasteiger partial charge is 0.427 e. The van der Waals surface area contributed by atoms with Gasteiger partial charge in [0.2, 0.25) is 0 Å². The first-order valence-electron chi connectivity index (χ1n) is 7.20. The highest BCUT2D eigenvalue weighted by Gasteiger charge is 2.08. The zero-order valence-corrected chi connectivity index (χ0v) is 12.5. The van der Waals surface area contributed by atoms with Crippen LogP contribution < -0.4 is 4.74 Å². The third-order valence-corrected chi connectivity index (χ3v) is 2.85. The third-order valence-electron chi connectivity index (χ3n) is 2.85. The lowest BCUT2D eigenvalue weighted by Crippen LogP contribution is -2.08. The van der Waals surface area contributed by atoms with Gasteiger partial charge in [-0.25, -0.2) is 0 Å². The number of esters is 1. The van der Waals surface area contributed by atoms with Crippen LogP contribution in [0.3, 0.4) is 0 Å². The number of hydrogen-bond donors (Lipinski definition) is 0. The van der Waals surface area contributed by atoms with Crippen LogP contribution in [0.25, 0.3) is 0 Å². The predicted octanol–water partition coefficient (Wildman–Crippen LogP) is 3.56. The van der Waals surface area contributed by atoms with Crippen LogP contribution in [0, 0.1) is 0 Å². The van der Waals surface area contributed by atoms with E-state index in [1.54, 1.807) is 30.3 Å².